The molecule has 0 fully saturated rings. The summed E-state index contributed by atoms with van der Waals surface area (Å²) < 4.78 is 2.20. The SMILES string of the molecule is O=[N+]([O-])c1cc([N+](=O)[O-])c(O)c([N+](=O)[O-])c1.c1ccc2c(c1)ccc1c2[nH]c2scc[n+]21. The van der Waals surface area contributed by atoms with Crippen LogP contribution in [0.3, 0.4) is 0 Å². The summed E-state index contributed by atoms with van der Waals surface area (Å²) in [5.41, 5.74) is -0.530. The number of rotatable bonds is 3. The number of non-ortho nitro benzene ring substituents is 1. The first kappa shape index (κ1) is 20.6. The van der Waals surface area contributed by atoms with Crippen molar-refractivity contribution in [2.75, 3.05) is 0 Å². The fraction of sp³-hybridized carbons (Fsp3) is 0. The molecule has 5 aromatic rings. The van der Waals surface area contributed by atoms with Gasteiger partial charge >= 0.3 is 16.3 Å². The molecule has 0 spiro atoms. The number of aromatic amines is 1. The Morgan fingerprint density at radius 3 is 2.19 bits per heavy atom. The zero-order valence-electron chi connectivity index (χ0n) is 15.9. The molecule has 0 amide bonds. The highest BCUT2D eigenvalue weighted by Gasteiger charge is 2.30. The Hall–Kier alpha value is -4.65. The molecule has 13 heteroatoms. The fourth-order valence-corrected chi connectivity index (χ4v) is 3.98. The van der Waals surface area contributed by atoms with Gasteiger partial charge in [-0.15, -0.1) is 0 Å². The lowest BCUT2D eigenvalue weighted by Gasteiger charge is -1.97. The van der Waals surface area contributed by atoms with Gasteiger partial charge in [0.2, 0.25) is 0 Å². The average molecular weight is 454 g/mol. The summed E-state index contributed by atoms with van der Waals surface area (Å²) in [7, 11) is 0. The highest BCUT2D eigenvalue weighted by atomic mass is 32.1. The molecule has 3 aromatic carbocycles. The van der Waals surface area contributed by atoms with Crippen LogP contribution in [-0.4, -0.2) is 24.9 Å². The van der Waals surface area contributed by atoms with Gasteiger partial charge in [0.05, 0.1) is 26.9 Å². The number of hydrogen-bond donors (Lipinski definition) is 2. The van der Waals surface area contributed by atoms with Crippen molar-refractivity contribution in [3.63, 3.8) is 0 Å². The first-order chi connectivity index (χ1) is 15.3. The number of aromatic nitrogens is 2. The average Bonchev–Trinajstić information content (AvgIpc) is 3.35. The molecule has 0 unspecified atom stereocenters. The molecule has 0 saturated heterocycles. The monoisotopic (exact) mass is 454 g/mol. The van der Waals surface area contributed by atoms with Crippen molar-refractivity contribution in [1.29, 1.82) is 0 Å². The third-order valence-corrected chi connectivity index (χ3v) is 5.45. The van der Waals surface area contributed by atoms with Gasteiger partial charge in [-0.05, 0) is 23.6 Å². The second kappa shape index (κ2) is 7.88. The van der Waals surface area contributed by atoms with Gasteiger partial charge in [-0.1, -0.05) is 29.5 Å². The Morgan fingerprint density at radius 1 is 0.906 bits per heavy atom. The number of imidazole rings is 1. The molecule has 0 radical (unpaired) electrons. The number of phenolic OH excluding ortho intramolecular Hbond substituents is 1. The molecule has 0 aliphatic rings. The highest BCUT2D eigenvalue weighted by Crippen LogP contribution is 2.39. The molecular weight excluding hydrogens is 442 g/mol. The molecule has 0 atom stereocenters. The van der Waals surface area contributed by atoms with E-state index in [9.17, 15) is 30.3 Å². The van der Waals surface area contributed by atoms with Crippen LogP contribution in [0.15, 0.2) is 60.1 Å². The number of benzene rings is 3. The molecule has 0 saturated carbocycles. The molecule has 32 heavy (non-hydrogen) atoms. The van der Waals surface area contributed by atoms with Crippen LogP contribution in [0.2, 0.25) is 0 Å². The van der Waals surface area contributed by atoms with E-state index in [1.807, 2.05) is 0 Å². The van der Waals surface area contributed by atoms with Gasteiger partial charge in [0.25, 0.3) is 11.4 Å². The second-order valence-corrected chi connectivity index (χ2v) is 7.38. The Bertz CT molecular complexity index is 1500. The largest absolute Gasteiger partial charge is 0.497 e. The minimum Gasteiger partial charge on any atom is -0.497 e. The minimum atomic E-state index is -1.21. The fourth-order valence-electron chi connectivity index (χ4n) is 3.23. The van der Waals surface area contributed by atoms with Crippen molar-refractivity contribution in [3.8, 4) is 5.75 Å². The molecule has 2 heterocycles. The number of nitro groups is 3. The number of thiazole rings is 1. The molecule has 0 aliphatic carbocycles. The second-order valence-electron chi connectivity index (χ2n) is 6.49. The Kier molecular flexibility index (Phi) is 5.08. The third kappa shape index (κ3) is 3.52. The number of fused-ring (bicyclic) bond motifs is 5. The zero-order chi connectivity index (χ0) is 23.0. The van der Waals surface area contributed by atoms with Crippen molar-refractivity contribution in [2.45, 2.75) is 0 Å². The predicted molar refractivity (Wildman–Crippen MR) is 115 cm³/mol. The van der Waals surface area contributed by atoms with E-state index in [1.165, 1.54) is 26.8 Å². The normalized spacial score (nSPS) is 10.8. The maximum Gasteiger partial charge on any atom is 0.344 e. The van der Waals surface area contributed by atoms with Crippen LogP contribution < -0.4 is 4.40 Å². The number of nitrogens with one attached hydrogen (secondary N) is 1. The van der Waals surface area contributed by atoms with E-state index in [2.05, 4.69) is 57.4 Å². The lowest BCUT2D eigenvalue weighted by molar-refractivity contribution is -0.476. The topological polar surface area (TPSA) is 170 Å². The quantitative estimate of drug-likeness (QED) is 0.233. The highest BCUT2D eigenvalue weighted by molar-refractivity contribution is 7.14. The van der Waals surface area contributed by atoms with E-state index < -0.39 is 37.6 Å². The minimum absolute atomic E-state index is 0.447. The Labute approximate surface area is 181 Å². The smallest absolute Gasteiger partial charge is 0.344 e. The van der Waals surface area contributed by atoms with Crippen molar-refractivity contribution >= 4 is 55.2 Å². The maximum absolute atomic E-state index is 10.4. The lowest BCUT2D eigenvalue weighted by atomic mass is 10.1. The summed E-state index contributed by atoms with van der Waals surface area (Å²) in [6, 6.07) is 13.7. The molecule has 160 valence electrons. The van der Waals surface area contributed by atoms with Crippen LogP contribution in [0.5, 0.6) is 5.75 Å². The lowest BCUT2D eigenvalue weighted by Crippen LogP contribution is -2.14. The van der Waals surface area contributed by atoms with E-state index in [0.717, 1.165) is 0 Å². The summed E-state index contributed by atoms with van der Waals surface area (Å²) in [6.07, 6.45) is 2.10. The molecule has 5 rings (SSSR count). The number of aromatic hydroxyl groups is 1. The summed E-state index contributed by atoms with van der Waals surface area (Å²) in [6.45, 7) is 0. The van der Waals surface area contributed by atoms with Crippen LogP contribution in [0.4, 0.5) is 17.1 Å². The first-order valence-corrected chi connectivity index (χ1v) is 9.74. The van der Waals surface area contributed by atoms with E-state index in [1.54, 1.807) is 11.3 Å². The number of H-pyrrole nitrogens is 1. The molecular formula is C19H12N5O7S+. The maximum atomic E-state index is 10.4. The Morgan fingerprint density at radius 2 is 1.56 bits per heavy atom. The summed E-state index contributed by atoms with van der Waals surface area (Å²) in [5, 5.41) is 44.9. The van der Waals surface area contributed by atoms with E-state index >= 15 is 0 Å². The van der Waals surface area contributed by atoms with E-state index in [0.29, 0.717) is 12.1 Å². The van der Waals surface area contributed by atoms with Crippen LogP contribution in [0.1, 0.15) is 0 Å². The number of phenols is 1. The number of hydrogen-bond acceptors (Lipinski definition) is 8. The van der Waals surface area contributed by atoms with Crippen molar-refractivity contribution < 1.29 is 24.3 Å². The standard InChI is InChI=1S/C13H8N2S.C6H3N3O7/c1-2-4-10-9(3-1)5-6-11-12(10)14-13-15(11)7-8-16-13;10-6-4(8(13)14)1-3(7(11)12)2-5(6)9(15)16/h1-8H;1-2,10H/p+1. The van der Waals surface area contributed by atoms with Crippen molar-refractivity contribution in [3.05, 3.63) is 90.5 Å². The van der Waals surface area contributed by atoms with Crippen molar-refractivity contribution in [1.82, 2.24) is 4.98 Å². The van der Waals surface area contributed by atoms with Gasteiger partial charge in [-0.25, -0.2) is 4.98 Å². The van der Waals surface area contributed by atoms with Gasteiger partial charge < -0.3 is 5.11 Å². The summed E-state index contributed by atoms with van der Waals surface area (Å²) in [4.78, 5) is 32.4. The van der Waals surface area contributed by atoms with Gasteiger partial charge in [-0.2, -0.15) is 4.40 Å². The van der Waals surface area contributed by atoms with Crippen LogP contribution in [0, 0.1) is 30.3 Å². The molecule has 0 aliphatic heterocycles. The molecule has 12 nitrogen and oxygen atoms in total. The molecule has 0 bridgehead atoms. The first-order valence-electron chi connectivity index (χ1n) is 8.86. The van der Waals surface area contributed by atoms with Gasteiger partial charge in [0.1, 0.15) is 6.20 Å². The molecule has 2 N–H and O–H groups in total. The molecule has 2 aromatic heterocycles. The summed E-state index contributed by atoms with van der Waals surface area (Å²) in [5.74, 6) is -1.21. The van der Waals surface area contributed by atoms with Gasteiger partial charge in [0.15, 0.2) is 11.0 Å². The summed E-state index contributed by atoms with van der Waals surface area (Å²) >= 11 is 1.73. The third-order valence-electron chi connectivity index (χ3n) is 4.67. The van der Waals surface area contributed by atoms with Gasteiger partial charge in [0, 0.05) is 10.8 Å². The number of nitrogens with zero attached hydrogens (tertiary/aromatic N) is 4. The van der Waals surface area contributed by atoms with Crippen LogP contribution in [0.25, 0.3) is 26.8 Å². The van der Waals surface area contributed by atoms with Crippen LogP contribution in [-0.2, 0) is 0 Å². The van der Waals surface area contributed by atoms with Crippen molar-refractivity contribution in [2.24, 2.45) is 0 Å². The Balaban J connectivity index is 0.000000153. The van der Waals surface area contributed by atoms with Gasteiger partial charge in [-0.3, -0.25) is 30.3 Å². The predicted octanol–water partition coefficient (Wildman–Crippen LogP) is 4.24. The number of nitro benzene ring substituents is 3. The van der Waals surface area contributed by atoms with E-state index in [-0.39, 0.29) is 0 Å². The van der Waals surface area contributed by atoms with Crippen LogP contribution >= 0.6 is 11.3 Å². The van der Waals surface area contributed by atoms with E-state index in [4.69, 9.17) is 5.11 Å². The zero-order valence-corrected chi connectivity index (χ0v) is 16.7.